The van der Waals surface area contributed by atoms with Crippen LogP contribution in [-0.2, 0) is 30.5 Å². The Labute approximate surface area is 179 Å². The molecule has 10 heteroatoms. The summed E-state index contributed by atoms with van der Waals surface area (Å²) in [6.45, 7) is 4.73. The molecule has 0 aliphatic rings. The normalized spacial score (nSPS) is 14.5. The van der Waals surface area contributed by atoms with Gasteiger partial charge in [-0.1, -0.05) is 44.2 Å². The Hall–Kier alpha value is -2.62. The van der Waals surface area contributed by atoms with Gasteiger partial charge in [0.25, 0.3) is 0 Å². The van der Waals surface area contributed by atoms with Crippen LogP contribution in [0.3, 0.4) is 0 Å². The summed E-state index contributed by atoms with van der Waals surface area (Å²) in [7, 11) is 1.10. The number of rotatable bonds is 11. The second-order valence-corrected chi connectivity index (χ2v) is 7.55. The Morgan fingerprint density at radius 1 is 1.03 bits per heavy atom. The summed E-state index contributed by atoms with van der Waals surface area (Å²) in [6, 6.07) is 4.07. The number of benzene rings is 1. The van der Waals surface area contributed by atoms with Crippen LogP contribution in [0.5, 0.6) is 0 Å². The minimum Gasteiger partial charge on any atom is -0.467 e. The van der Waals surface area contributed by atoms with Crippen molar-refractivity contribution in [2.75, 3.05) is 7.11 Å². The van der Waals surface area contributed by atoms with E-state index in [0.717, 1.165) is 7.11 Å². The largest absolute Gasteiger partial charge is 0.467 e. The lowest BCUT2D eigenvalue weighted by Crippen LogP contribution is -2.53. The average Bonchev–Trinajstić information content (AvgIpc) is 2.69. The van der Waals surface area contributed by atoms with Crippen molar-refractivity contribution in [1.29, 1.82) is 0 Å². The zero-order valence-corrected chi connectivity index (χ0v) is 18.0. The lowest BCUT2D eigenvalue weighted by atomic mass is 10.0. The van der Waals surface area contributed by atoms with Gasteiger partial charge in [-0.05, 0) is 24.8 Å². The molecule has 0 aliphatic heterocycles. The lowest BCUT2D eigenvalue weighted by Gasteiger charge is -2.27. The summed E-state index contributed by atoms with van der Waals surface area (Å²) >= 11 is 0. The van der Waals surface area contributed by atoms with E-state index in [1.807, 2.05) is 0 Å². The first-order valence-electron chi connectivity index (χ1n) is 9.84. The molecule has 31 heavy (non-hydrogen) atoms. The molecule has 0 heterocycles. The van der Waals surface area contributed by atoms with Crippen LogP contribution < -0.4 is 10.6 Å². The van der Waals surface area contributed by atoms with Gasteiger partial charge < -0.3 is 14.8 Å². The first kappa shape index (κ1) is 26.4. The van der Waals surface area contributed by atoms with E-state index in [2.05, 4.69) is 15.4 Å². The second-order valence-electron chi connectivity index (χ2n) is 7.55. The summed E-state index contributed by atoms with van der Waals surface area (Å²) < 4.78 is 50.3. The van der Waals surface area contributed by atoms with E-state index >= 15 is 0 Å². The van der Waals surface area contributed by atoms with Crippen molar-refractivity contribution in [3.8, 4) is 0 Å². The minimum atomic E-state index is -4.80. The molecule has 1 aromatic carbocycles. The van der Waals surface area contributed by atoms with Crippen LogP contribution >= 0.6 is 0 Å². The molecule has 2 N–H and O–H groups in total. The fourth-order valence-electron chi connectivity index (χ4n) is 2.77. The molecule has 0 spiro atoms. The van der Waals surface area contributed by atoms with Gasteiger partial charge in [-0.25, -0.2) is 4.79 Å². The number of ether oxygens (including phenoxy) is 2. The van der Waals surface area contributed by atoms with Crippen molar-refractivity contribution in [3.63, 3.8) is 0 Å². The Kier molecular flexibility index (Phi) is 10.5. The zero-order valence-electron chi connectivity index (χ0n) is 18.0. The van der Waals surface area contributed by atoms with Gasteiger partial charge in [-0.15, -0.1) is 0 Å². The van der Waals surface area contributed by atoms with Crippen molar-refractivity contribution in [2.24, 2.45) is 5.92 Å². The lowest BCUT2D eigenvalue weighted by molar-refractivity contribution is -0.168. The predicted octanol–water partition coefficient (Wildman–Crippen LogP) is 2.73. The summed E-state index contributed by atoms with van der Waals surface area (Å²) in [5.41, 5.74) is 0.697. The van der Waals surface area contributed by atoms with E-state index in [9.17, 15) is 27.6 Å². The van der Waals surface area contributed by atoms with E-state index in [4.69, 9.17) is 4.74 Å². The van der Waals surface area contributed by atoms with Crippen molar-refractivity contribution >= 4 is 17.8 Å². The van der Waals surface area contributed by atoms with Crippen LogP contribution in [0.4, 0.5) is 13.2 Å². The zero-order chi connectivity index (χ0) is 23.6. The van der Waals surface area contributed by atoms with Crippen molar-refractivity contribution < 1.29 is 37.0 Å². The molecule has 0 saturated carbocycles. The summed E-state index contributed by atoms with van der Waals surface area (Å²) in [4.78, 5) is 35.9. The summed E-state index contributed by atoms with van der Waals surface area (Å²) in [5, 5.41) is 4.39. The third-order valence-corrected chi connectivity index (χ3v) is 4.33. The number of hydrogen-bond donors (Lipinski definition) is 2. The van der Waals surface area contributed by atoms with E-state index in [0.29, 0.717) is 5.56 Å². The second kappa shape index (κ2) is 12.3. The SMILES string of the molecule is COC(=O)[C@H](C)NC(=O)C[C@H](N[C@@H](CC(C)C)C(=O)OCc1ccccc1)C(F)(F)F. The molecule has 0 bridgehead atoms. The maximum absolute atomic E-state index is 13.6. The molecule has 7 nitrogen and oxygen atoms in total. The molecule has 0 aliphatic carbocycles. The van der Waals surface area contributed by atoms with Gasteiger partial charge in [0.1, 0.15) is 24.7 Å². The van der Waals surface area contributed by atoms with Gasteiger partial charge in [0.05, 0.1) is 13.5 Å². The quantitative estimate of drug-likeness (QED) is 0.508. The molecule has 0 aromatic heterocycles. The molecular weight excluding hydrogens is 417 g/mol. The third-order valence-electron chi connectivity index (χ3n) is 4.33. The maximum atomic E-state index is 13.6. The van der Waals surface area contributed by atoms with Crippen LogP contribution in [0.2, 0.25) is 0 Å². The Morgan fingerprint density at radius 3 is 2.16 bits per heavy atom. The highest BCUT2D eigenvalue weighted by molar-refractivity contribution is 5.84. The maximum Gasteiger partial charge on any atom is 0.404 e. The first-order chi connectivity index (χ1) is 14.4. The highest BCUT2D eigenvalue weighted by Crippen LogP contribution is 2.24. The monoisotopic (exact) mass is 446 g/mol. The standard InChI is InChI=1S/C21H29F3N2O5/c1-13(2)10-16(20(29)31-12-15-8-6-5-7-9-15)26-17(21(22,23)24)11-18(27)25-14(3)19(28)30-4/h5-9,13-14,16-17,26H,10-12H2,1-4H3,(H,25,27)/t14-,16-,17-/m0/s1. The fraction of sp³-hybridized carbons (Fsp3) is 0.571. The number of amides is 1. The van der Waals surface area contributed by atoms with Gasteiger partial charge in [0, 0.05) is 0 Å². The number of carbonyl (C=O) groups is 3. The highest BCUT2D eigenvalue weighted by Gasteiger charge is 2.43. The summed E-state index contributed by atoms with van der Waals surface area (Å²) in [5.74, 6) is -2.74. The van der Waals surface area contributed by atoms with Crippen LogP contribution in [0.15, 0.2) is 30.3 Å². The minimum absolute atomic E-state index is 0.0796. The summed E-state index contributed by atoms with van der Waals surface area (Å²) in [6.07, 6.45) is -5.73. The predicted molar refractivity (Wildman–Crippen MR) is 107 cm³/mol. The number of carbonyl (C=O) groups excluding carboxylic acids is 3. The highest BCUT2D eigenvalue weighted by atomic mass is 19.4. The van der Waals surface area contributed by atoms with Gasteiger partial charge in [-0.3, -0.25) is 14.9 Å². The topological polar surface area (TPSA) is 93.7 Å². The number of nitrogens with one attached hydrogen (secondary N) is 2. The molecule has 1 rings (SSSR count). The van der Waals surface area contributed by atoms with Crippen molar-refractivity contribution in [2.45, 2.75) is 64.5 Å². The molecular formula is C21H29F3N2O5. The van der Waals surface area contributed by atoms with E-state index in [1.54, 1.807) is 44.2 Å². The fourth-order valence-corrected chi connectivity index (χ4v) is 2.77. The van der Waals surface area contributed by atoms with Crippen molar-refractivity contribution in [1.82, 2.24) is 10.6 Å². The number of halogens is 3. The van der Waals surface area contributed by atoms with Gasteiger partial charge in [-0.2, -0.15) is 13.2 Å². The van der Waals surface area contributed by atoms with Crippen LogP contribution in [-0.4, -0.2) is 49.3 Å². The Morgan fingerprint density at radius 2 is 1.65 bits per heavy atom. The van der Waals surface area contributed by atoms with Crippen LogP contribution in [0.1, 0.15) is 39.2 Å². The molecule has 0 radical (unpaired) electrons. The number of hydrogen-bond acceptors (Lipinski definition) is 6. The molecule has 3 atom stereocenters. The average molecular weight is 446 g/mol. The smallest absolute Gasteiger partial charge is 0.404 e. The Bertz CT molecular complexity index is 725. The van der Waals surface area contributed by atoms with Crippen molar-refractivity contribution in [3.05, 3.63) is 35.9 Å². The molecule has 174 valence electrons. The van der Waals surface area contributed by atoms with Crippen LogP contribution in [0.25, 0.3) is 0 Å². The van der Waals surface area contributed by atoms with E-state index < -0.39 is 48.6 Å². The van der Waals surface area contributed by atoms with Gasteiger partial charge in [0.15, 0.2) is 0 Å². The number of methoxy groups -OCH3 is 1. The molecule has 0 fully saturated rings. The van der Waals surface area contributed by atoms with E-state index in [-0.39, 0.29) is 18.9 Å². The number of alkyl halides is 3. The molecule has 1 aromatic rings. The van der Waals surface area contributed by atoms with Gasteiger partial charge in [0.2, 0.25) is 5.91 Å². The third kappa shape index (κ3) is 9.82. The van der Waals surface area contributed by atoms with E-state index in [1.165, 1.54) is 6.92 Å². The number of esters is 2. The van der Waals surface area contributed by atoms with Gasteiger partial charge >= 0.3 is 18.1 Å². The van der Waals surface area contributed by atoms with Crippen LogP contribution in [0, 0.1) is 5.92 Å². The molecule has 0 saturated heterocycles. The molecule has 1 amide bonds. The Balaban J connectivity index is 2.85. The first-order valence-corrected chi connectivity index (χ1v) is 9.84. The molecule has 0 unspecified atom stereocenters.